The Morgan fingerprint density at radius 3 is 2.60 bits per heavy atom. The predicted octanol–water partition coefficient (Wildman–Crippen LogP) is 0.812. The monoisotopic (exact) mass is 349 g/mol. The molecule has 1 atom stereocenters. The number of ether oxygens (including phenoxy) is 1. The highest BCUT2D eigenvalue weighted by molar-refractivity contribution is 5.98. The summed E-state index contributed by atoms with van der Waals surface area (Å²) in [6.45, 7) is 1.46. The van der Waals surface area contributed by atoms with Gasteiger partial charge in [-0.25, -0.2) is 0 Å². The van der Waals surface area contributed by atoms with E-state index < -0.39 is 5.91 Å². The fourth-order valence-electron chi connectivity index (χ4n) is 4.16. The average molecular weight is 349 g/mol. The Morgan fingerprint density at radius 1 is 1.44 bits per heavy atom. The summed E-state index contributed by atoms with van der Waals surface area (Å²) < 4.78 is 7.07. The fourth-order valence-corrected chi connectivity index (χ4v) is 4.16. The average Bonchev–Trinajstić information content (AvgIpc) is 2.96. The largest absolute Gasteiger partial charge is 0.396 e. The van der Waals surface area contributed by atoms with E-state index in [0.29, 0.717) is 30.4 Å². The molecule has 0 bridgehead atoms. The summed E-state index contributed by atoms with van der Waals surface area (Å²) in [4.78, 5) is 24.2. The summed E-state index contributed by atoms with van der Waals surface area (Å²) >= 11 is 0. The summed E-state index contributed by atoms with van der Waals surface area (Å²) in [7, 11) is 1.72. The number of aliphatic hydroxyl groups is 1. The summed E-state index contributed by atoms with van der Waals surface area (Å²) in [6.07, 6.45) is 6.24. The van der Waals surface area contributed by atoms with Crippen LogP contribution in [0.5, 0.6) is 0 Å². The number of hydrogen-bond donors (Lipinski definition) is 3. The van der Waals surface area contributed by atoms with E-state index >= 15 is 0 Å². The van der Waals surface area contributed by atoms with Crippen LogP contribution >= 0.6 is 0 Å². The Morgan fingerprint density at radius 2 is 2.12 bits per heavy atom. The third-order valence-corrected chi connectivity index (χ3v) is 5.87. The van der Waals surface area contributed by atoms with Gasteiger partial charge in [-0.3, -0.25) is 9.59 Å². The van der Waals surface area contributed by atoms with Crippen molar-refractivity contribution < 1.29 is 19.4 Å². The molecule has 2 aliphatic rings. The molecule has 7 heteroatoms. The molecule has 2 fully saturated rings. The molecule has 1 aliphatic carbocycles. The topological polar surface area (TPSA) is 107 Å². The Hall–Kier alpha value is -1.86. The van der Waals surface area contributed by atoms with Gasteiger partial charge in [0.15, 0.2) is 0 Å². The minimum absolute atomic E-state index is 0.0783. The Balaban J connectivity index is 1.82. The van der Waals surface area contributed by atoms with E-state index in [4.69, 9.17) is 10.5 Å². The lowest BCUT2D eigenvalue weighted by molar-refractivity contribution is -0.0380. The molecule has 1 aromatic heterocycles. The van der Waals surface area contributed by atoms with Gasteiger partial charge in [-0.15, -0.1) is 0 Å². The van der Waals surface area contributed by atoms with Crippen molar-refractivity contribution in [2.24, 2.45) is 24.1 Å². The van der Waals surface area contributed by atoms with Crippen molar-refractivity contribution in [1.82, 2.24) is 9.88 Å². The molecule has 0 spiro atoms. The first-order valence-corrected chi connectivity index (χ1v) is 8.92. The first-order valence-electron chi connectivity index (χ1n) is 8.92. The maximum atomic E-state index is 12.9. The Labute approximate surface area is 147 Å². The molecular weight excluding hydrogens is 322 g/mol. The normalized spacial score (nSPS) is 21.4. The number of carbonyl (C=O) groups is 2. The van der Waals surface area contributed by atoms with Gasteiger partial charge in [0.2, 0.25) is 5.91 Å². The fraction of sp³-hybridized carbons (Fsp3) is 0.667. The van der Waals surface area contributed by atoms with E-state index in [2.05, 4.69) is 5.32 Å². The number of aryl methyl sites for hydroxylation is 1. The highest BCUT2D eigenvalue weighted by Gasteiger charge is 2.47. The molecule has 4 N–H and O–H groups in total. The van der Waals surface area contributed by atoms with Crippen LogP contribution in [0.25, 0.3) is 0 Å². The van der Waals surface area contributed by atoms with Crippen molar-refractivity contribution in [2.75, 3.05) is 19.8 Å². The van der Waals surface area contributed by atoms with Crippen molar-refractivity contribution in [3.63, 3.8) is 0 Å². The summed E-state index contributed by atoms with van der Waals surface area (Å²) in [5.41, 5.74) is 5.78. The molecule has 1 unspecified atom stereocenters. The standard InChI is InChI=1S/C18H27N3O4/c1-21-10-13(16(19)23)9-14(21)17(24)20-15(12-3-7-25-8-4-12)18(11-22)5-2-6-18/h9-10,12,15,22H,2-8,11H2,1H3,(H2,19,23)(H,20,24). The van der Waals surface area contributed by atoms with Crippen LogP contribution in [0.3, 0.4) is 0 Å². The van der Waals surface area contributed by atoms with Crippen molar-refractivity contribution in [2.45, 2.75) is 38.1 Å². The number of aromatic nitrogens is 1. The van der Waals surface area contributed by atoms with Crippen molar-refractivity contribution in [3.05, 3.63) is 23.5 Å². The van der Waals surface area contributed by atoms with E-state index in [0.717, 1.165) is 32.1 Å². The first kappa shape index (κ1) is 17.9. The first-order chi connectivity index (χ1) is 12.0. The second-order valence-corrected chi connectivity index (χ2v) is 7.36. The maximum absolute atomic E-state index is 12.9. The number of nitrogens with one attached hydrogen (secondary N) is 1. The van der Waals surface area contributed by atoms with Crippen LogP contribution in [0.2, 0.25) is 0 Å². The summed E-state index contributed by atoms with van der Waals surface area (Å²) in [6, 6.07) is 1.43. The van der Waals surface area contributed by atoms with Crippen LogP contribution in [0.4, 0.5) is 0 Å². The van der Waals surface area contributed by atoms with Gasteiger partial charge in [0.1, 0.15) is 5.69 Å². The second kappa shape index (κ2) is 7.17. The molecule has 0 radical (unpaired) electrons. The van der Waals surface area contributed by atoms with Crippen LogP contribution in [0.15, 0.2) is 12.3 Å². The van der Waals surface area contributed by atoms with Gasteiger partial charge in [0.25, 0.3) is 5.91 Å². The number of nitrogens with zero attached hydrogens (tertiary/aromatic N) is 1. The van der Waals surface area contributed by atoms with Crippen molar-refractivity contribution in [1.29, 1.82) is 0 Å². The third-order valence-electron chi connectivity index (χ3n) is 5.87. The SMILES string of the molecule is Cn1cc(C(N)=O)cc1C(=O)NC(C1CCOCC1)C1(CO)CCC1. The summed E-state index contributed by atoms with van der Waals surface area (Å²) in [5.74, 6) is -0.492. The van der Waals surface area contributed by atoms with Crippen molar-refractivity contribution >= 4 is 11.8 Å². The molecule has 2 heterocycles. The van der Waals surface area contributed by atoms with E-state index in [1.54, 1.807) is 17.8 Å². The van der Waals surface area contributed by atoms with Gasteiger partial charge in [-0.05, 0) is 37.7 Å². The quantitative estimate of drug-likeness (QED) is 0.706. The van der Waals surface area contributed by atoms with E-state index in [-0.39, 0.29) is 24.0 Å². The summed E-state index contributed by atoms with van der Waals surface area (Å²) in [5, 5.41) is 13.2. The zero-order valence-corrected chi connectivity index (χ0v) is 14.7. The molecule has 1 saturated carbocycles. The van der Waals surface area contributed by atoms with Crippen LogP contribution in [-0.4, -0.2) is 47.4 Å². The second-order valence-electron chi connectivity index (χ2n) is 7.36. The van der Waals surface area contributed by atoms with Crippen LogP contribution in [-0.2, 0) is 11.8 Å². The molecule has 25 heavy (non-hydrogen) atoms. The van der Waals surface area contributed by atoms with E-state index in [1.807, 2.05) is 0 Å². The number of carbonyl (C=O) groups excluding carboxylic acids is 2. The molecule has 1 saturated heterocycles. The number of hydrogen-bond acceptors (Lipinski definition) is 4. The minimum atomic E-state index is -0.554. The van der Waals surface area contributed by atoms with Crippen LogP contribution < -0.4 is 11.1 Å². The molecule has 1 aromatic rings. The molecule has 1 aliphatic heterocycles. The maximum Gasteiger partial charge on any atom is 0.268 e. The van der Waals surface area contributed by atoms with Gasteiger partial charge in [-0.1, -0.05) is 6.42 Å². The molecule has 2 amide bonds. The molecule has 138 valence electrons. The number of amides is 2. The van der Waals surface area contributed by atoms with E-state index in [1.165, 1.54) is 6.07 Å². The van der Waals surface area contributed by atoms with Gasteiger partial charge in [0, 0.05) is 37.9 Å². The highest BCUT2D eigenvalue weighted by Crippen LogP contribution is 2.47. The van der Waals surface area contributed by atoms with Crippen molar-refractivity contribution in [3.8, 4) is 0 Å². The third kappa shape index (κ3) is 3.43. The molecule has 3 rings (SSSR count). The van der Waals surface area contributed by atoms with Gasteiger partial charge in [0.05, 0.1) is 12.2 Å². The smallest absolute Gasteiger partial charge is 0.268 e. The highest BCUT2D eigenvalue weighted by atomic mass is 16.5. The van der Waals surface area contributed by atoms with Gasteiger partial charge < -0.3 is 25.5 Å². The Bertz CT molecular complexity index is 639. The number of nitrogens with two attached hydrogens (primary N) is 1. The lowest BCUT2D eigenvalue weighted by Crippen LogP contribution is -2.57. The zero-order chi connectivity index (χ0) is 18.0. The van der Waals surface area contributed by atoms with Crippen LogP contribution in [0.1, 0.15) is 53.0 Å². The predicted molar refractivity (Wildman–Crippen MR) is 92.1 cm³/mol. The zero-order valence-electron chi connectivity index (χ0n) is 14.7. The lowest BCUT2D eigenvalue weighted by Gasteiger charge is -2.50. The molecule has 7 nitrogen and oxygen atoms in total. The lowest BCUT2D eigenvalue weighted by atomic mass is 9.60. The van der Waals surface area contributed by atoms with E-state index in [9.17, 15) is 14.7 Å². The Kier molecular flexibility index (Phi) is 5.15. The number of rotatable bonds is 6. The molecule has 0 aromatic carbocycles. The number of primary amides is 1. The van der Waals surface area contributed by atoms with Gasteiger partial charge in [-0.2, -0.15) is 0 Å². The molecular formula is C18H27N3O4. The number of aliphatic hydroxyl groups excluding tert-OH is 1. The van der Waals surface area contributed by atoms with Crippen LogP contribution in [0, 0.1) is 11.3 Å². The van der Waals surface area contributed by atoms with Gasteiger partial charge >= 0.3 is 0 Å². The minimum Gasteiger partial charge on any atom is -0.396 e.